The van der Waals surface area contributed by atoms with Crippen LogP contribution in [-0.2, 0) is 9.59 Å². The van der Waals surface area contributed by atoms with Crippen molar-refractivity contribution in [1.82, 2.24) is 10.2 Å². The van der Waals surface area contributed by atoms with Crippen molar-refractivity contribution in [2.45, 2.75) is 57.9 Å². The molecule has 0 bridgehead atoms. The van der Waals surface area contributed by atoms with E-state index < -0.39 is 0 Å². The molecule has 0 aromatic rings. The number of carbonyl (C=O) groups excluding carboxylic acids is 2. The average molecular weight is 252 g/mol. The number of rotatable bonds is 5. The minimum atomic E-state index is -0.258. The molecule has 1 heterocycles. The highest BCUT2D eigenvalue weighted by molar-refractivity contribution is 6.05. The van der Waals surface area contributed by atoms with Crippen LogP contribution >= 0.6 is 0 Å². The maximum Gasteiger partial charge on any atom is 0.246 e. The highest BCUT2D eigenvalue weighted by atomic mass is 16.2. The Bertz CT molecular complexity index is 311. The maximum absolute atomic E-state index is 12.0. The second-order valence-electron chi connectivity index (χ2n) is 5.55. The molecular weight excluding hydrogens is 228 g/mol. The van der Waals surface area contributed by atoms with Crippen molar-refractivity contribution in [3.05, 3.63) is 0 Å². The number of carbonyl (C=O) groups is 2. The zero-order valence-corrected chi connectivity index (χ0v) is 11.3. The Balaban J connectivity index is 1.79. The monoisotopic (exact) mass is 252 g/mol. The molecule has 102 valence electrons. The van der Waals surface area contributed by atoms with E-state index in [0.29, 0.717) is 18.9 Å². The molecule has 2 aliphatic rings. The molecule has 1 unspecified atom stereocenters. The standard InChI is InChI=1S/C14H24N2O2/c1-2-8-16-13(17)9-12(14(16)18)15-10-11-6-4-3-5-7-11/h11-12,15H,2-10H2,1H3. The van der Waals surface area contributed by atoms with Gasteiger partial charge in [0.1, 0.15) is 0 Å². The van der Waals surface area contributed by atoms with Gasteiger partial charge >= 0.3 is 0 Å². The second kappa shape index (κ2) is 6.32. The average Bonchev–Trinajstić information content (AvgIpc) is 2.66. The topological polar surface area (TPSA) is 49.4 Å². The Hall–Kier alpha value is -0.900. The third kappa shape index (κ3) is 3.10. The lowest BCUT2D eigenvalue weighted by Crippen LogP contribution is -2.41. The van der Waals surface area contributed by atoms with E-state index in [9.17, 15) is 9.59 Å². The quantitative estimate of drug-likeness (QED) is 0.758. The molecule has 18 heavy (non-hydrogen) atoms. The first-order chi connectivity index (χ1) is 8.72. The van der Waals surface area contributed by atoms with E-state index in [1.807, 2.05) is 6.92 Å². The van der Waals surface area contributed by atoms with Crippen molar-refractivity contribution in [3.8, 4) is 0 Å². The first-order valence-electron chi connectivity index (χ1n) is 7.30. The van der Waals surface area contributed by atoms with Crippen molar-refractivity contribution in [3.63, 3.8) is 0 Å². The van der Waals surface area contributed by atoms with Crippen LogP contribution in [0.25, 0.3) is 0 Å². The molecule has 2 fully saturated rings. The zero-order chi connectivity index (χ0) is 13.0. The fourth-order valence-corrected chi connectivity index (χ4v) is 3.00. The summed E-state index contributed by atoms with van der Waals surface area (Å²) in [7, 11) is 0. The lowest BCUT2D eigenvalue weighted by molar-refractivity contribution is -0.138. The highest BCUT2D eigenvalue weighted by Gasteiger charge is 2.37. The SMILES string of the molecule is CCCN1C(=O)CC(NCC2CCCCC2)C1=O. The number of imide groups is 1. The van der Waals surface area contributed by atoms with Crippen LogP contribution in [0, 0.1) is 5.92 Å². The number of nitrogens with one attached hydrogen (secondary N) is 1. The maximum atomic E-state index is 12.0. The fraction of sp³-hybridized carbons (Fsp3) is 0.857. The van der Waals surface area contributed by atoms with Crippen LogP contribution in [0.1, 0.15) is 51.9 Å². The Morgan fingerprint density at radius 1 is 1.22 bits per heavy atom. The summed E-state index contributed by atoms with van der Waals surface area (Å²) in [4.78, 5) is 25.1. The van der Waals surface area contributed by atoms with Crippen LogP contribution in [0.15, 0.2) is 0 Å². The number of likely N-dealkylation sites (tertiary alicyclic amines) is 1. The molecule has 1 aliphatic carbocycles. The number of amides is 2. The van der Waals surface area contributed by atoms with E-state index in [0.717, 1.165) is 13.0 Å². The predicted molar refractivity (Wildman–Crippen MR) is 70.0 cm³/mol. The third-order valence-corrected chi connectivity index (χ3v) is 4.07. The Morgan fingerprint density at radius 2 is 1.94 bits per heavy atom. The van der Waals surface area contributed by atoms with Gasteiger partial charge in [-0.05, 0) is 31.7 Å². The summed E-state index contributed by atoms with van der Waals surface area (Å²) >= 11 is 0. The van der Waals surface area contributed by atoms with Gasteiger partial charge in [-0.15, -0.1) is 0 Å². The number of nitrogens with zero attached hydrogens (tertiary/aromatic N) is 1. The van der Waals surface area contributed by atoms with Gasteiger partial charge in [0.05, 0.1) is 12.5 Å². The molecule has 1 saturated heterocycles. The van der Waals surface area contributed by atoms with Gasteiger partial charge in [0.2, 0.25) is 11.8 Å². The molecule has 4 heteroatoms. The summed E-state index contributed by atoms with van der Waals surface area (Å²) in [6.45, 7) is 3.45. The molecule has 2 rings (SSSR count). The van der Waals surface area contributed by atoms with Crippen LogP contribution in [-0.4, -0.2) is 35.8 Å². The molecule has 1 aliphatic heterocycles. The van der Waals surface area contributed by atoms with Gasteiger partial charge in [0.25, 0.3) is 0 Å². The minimum absolute atomic E-state index is 0.0111. The van der Waals surface area contributed by atoms with Gasteiger partial charge in [0, 0.05) is 6.54 Å². The molecule has 0 spiro atoms. The van der Waals surface area contributed by atoms with Crippen LogP contribution in [0.2, 0.25) is 0 Å². The van der Waals surface area contributed by atoms with Crippen molar-refractivity contribution in [1.29, 1.82) is 0 Å². The molecule has 0 aromatic carbocycles. The summed E-state index contributed by atoms with van der Waals surface area (Å²) in [5.74, 6) is 0.669. The first kappa shape index (κ1) is 13.5. The third-order valence-electron chi connectivity index (χ3n) is 4.07. The van der Waals surface area contributed by atoms with Crippen molar-refractivity contribution in [2.75, 3.05) is 13.1 Å². The summed E-state index contributed by atoms with van der Waals surface area (Å²) in [5, 5.41) is 3.31. The van der Waals surface area contributed by atoms with E-state index in [1.54, 1.807) is 0 Å². The van der Waals surface area contributed by atoms with Crippen molar-refractivity contribution in [2.24, 2.45) is 5.92 Å². The molecule has 0 aromatic heterocycles. The van der Waals surface area contributed by atoms with Crippen LogP contribution in [0.4, 0.5) is 0 Å². The summed E-state index contributed by atoms with van der Waals surface area (Å²) in [6, 6.07) is -0.258. The van der Waals surface area contributed by atoms with E-state index in [2.05, 4.69) is 5.32 Å². The lowest BCUT2D eigenvalue weighted by Gasteiger charge is -2.23. The van der Waals surface area contributed by atoms with Crippen molar-refractivity contribution < 1.29 is 9.59 Å². The Labute approximate surface area is 109 Å². The van der Waals surface area contributed by atoms with Crippen LogP contribution in [0.5, 0.6) is 0 Å². The summed E-state index contributed by atoms with van der Waals surface area (Å²) < 4.78 is 0. The Morgan fingerprint density at radius 3 is 2.61 bits per heavy atom. The predicted octanol–water partition coefficient (Wildman–Crippen LogP) is 1.69. The summed E-state index contributed by atoms with van der Waals surface area (Å²) in [5.41, 5.74) is 0. The molecular formula is C14H24N2O2. The van der Waals surface area contributed by atoms with Gasteiger partial charge in [0.15, 0.2) is 0 Å². The van der Waals surface area contributed by atoms with Crippen LogP contribution < -0.4 is 5.32 Å². The molecule has 0 radical (unpaired) electrons. The van der Waals surface area contributed by atoms with Gasteiger partial charge in [-0.2, -0.15) is 0 Å². The summed E-state index contributed by atoms with van der Waals surface area (Å²) in [6.07, 6.45) is 7.69. The highest BCUT2D eigenvalue weighted by Crippen LogP contribution is 2.23. The second-order valence-corrected chi connectivity index (χ2v) is 5.55. The lowest BCUT2D eigenvalue weighted by atomic mass is 9.89. The molecule has 1 N–H and O–H groups in total. The van der Waals surface area contributed by atoms with Crippen molar-refractivity contribution >= 4 is 11.8 Å². The number of hydrogen-bond donors (Lipinski definition) is 1. The van der Waals surface area contributed by atoms with Gasteiger partial charge in [-0.3, -0.25) is 14.5 Å². The van der Waals surface area contributed by atoms with E-state index in [1.165, 1.54) is 37.0 Å². The number of hydrogen-bond acceptors (Lipinski definition) is 3. The first-order valence-corrected chi connectivity index (χ1v) is 7.30. The van der Waals surface area contributed by atoms with E-state index >= 15 is 0 Å². The van der Waals surface area contributed by atoms with Crippen LogP contribution in [0.3, 0.4) is 0 Å². The zero-order valence-electron chi connectivity index (χ0n) is 11.3. The van der Waals surface area contributed by atoms with Gasteiger partial charge in [-0.25, -0.2) is 0 Å². The Kier molecular flexibility index (Phi) is 4.75. The van der Waals surface area contributed by atoms with Gasteiger partial charge in [-0.1, -0.05) is 26.2 Å². The smallest absolute Gasteiger partial charge is 0.246 e. The van der Waals surface area contributed by atoms with Gasteiger partial charge < -0.3 is 5.32 Å². The van der Waals surface area contributed by atoms with E-state index in [4.69, 9.17) is 0 Å². The molecule has 1 saturated carbocycles. The molecule has 4 nitrogen and oxygen atoms in total. The van der Waals surface area contributed by atoms with E-state index in [-0.39, 0.29) is 17.9 Å². The molecule has 2 amide bonds. The molecule has 1 atom stereocenters. The minimum Gasteiger partial charge on any atom is -0.305 e. The normalized spacial score (nSPS) is 26.1. The fourth-order valence-electron chi connectivity index (χ4n) is 3.00. The largest absolute Gasteiger partial charge is 0.305 e.